The minimum atomic E-state index is 0.507. The van der Waals surface area contributed by atoms with Crippen molar-refractivity contribution in [1.82, 2.24) is 5.32 Å². The summed E-state index contributed by atoms with van der Waals surface area (Å²) < 4.78 is 0. The van der Waals surface area contributed by atoms with Gasteiger partial charge in [-0.05, 0) is 54.3 Å². The molecule has 2 bridgehead atoms. The Labute approximate surface area is 119 Å². The van der Waals surface area contributed by atoms with Crippen molar-refractivity contribution in [3.63, 3.8) is 0 Å². The summed E-state index contributed by atoms with van der Waals surface area (Å²) in [5, 5.41) is 4.16. The second-order valence-electron chi connectivity index (χ2n) is 8.89. The maximum Gasteiger partial charge on any atom is 0.0177 e. The summed E-state index contributed by atoms with van der Waals surface area (Å²) in [6.07, 6.45) is 8.66. The van der Waals surface area contributed by atoms with Crippen molar-refractivity contribution in [1.29, 1.82) is 0 Å². The van der Waals surface area contributed by atoms with Crippen LogP contribution in [-0.2, 0) is 0 Å². The van der Waals surface area contributed by atoms with E-state index in [0.717, 1.165) is 29.8 Å². The largest absolute Gasteiger partial charge is 0.310 e. The smallest absolute Gasteiger partial charge is 0.0177 e. The van der Waals surface area contributed by atoms with E-state index in [2.05, 4.69) is 39.9 Å². The highest BCUT2D eigenvalue weighted by Gasteiger charge is 2.59. The van der Waals surface area contributed by atoms with Crippen molar-refractivity contribution in [3.05, 3.63) is 0 Å². The average Bonchev–Trinajstić information content (AvgIpc) is 2.81. The van der Waals surface area contributed by atoms with Crippen molar-refractivity contribution in [2.45, 2.75) is 85.2 Å². The Morgan fingerprint density at radius 3 is 2.37 bits per heavy atom. The second kappa shape index (κ2) is 4.48. The molecule has 3 rings (SSSR count). The molecule has 0 radical (unpaired) electrons. The van der Waals surface area contributed by atoms with Gasteiger partial charge in [0.15, 0.2) is 0 Å². The predicted octanol–water partition coefficient (Wildman–Crippen LogP) is 4.62. The Morgan fingerprint density at radius 1 is 1.00 bits per heavy atom. The van der Waals surface area contributed by atoms with E-state index in [0.29, 0.717) is 10.8 Å². The Bertz CT molecular complexity index is 343. The SMILES string of the molecule is CC1CCCC(NC2C3(C)CCC(C3)C2(C)C)C1C. The molecule has 1 heteroatoms. The summed E-state index contributed by atoms with van der Waals surface area (Å²) in [6, 6.07) is 1.51. The fourth-order valence-corrected chi connectivity index (χ4v) is 5.75. The van der Waals surface area contributed by atoms with E-state index in [1.807, 2.05) is 0 Å². The summed E-state index contributed by atoms with van der Waals surface area (Å²) in [6.45, 7) is 12.5. The monoisotopic (exact) mass is 263 g/mol. The van der Waals surface area contributed by atoms with Crippen molar-refractivity contribution >= 4 is 0 Å². The number of rotatable bonds is 2. The zero-order chi connectivity index (χ0) is 13.8. The summed E-state index contributed by atoms with van der Waals surface area (Å²) >= 11 is 0. The lowest BCUT2D eigenvalue weighted by molar-refractivity contribution is 0.0736. The summed E-state index contributed by atoms with van der Waals surface area (Å²) in [4.78, 5) is 0. The molecule has 0 amide bonds. The van der Waals surface area contributed by atoms with E-state index in [1.165, 1.54) is 38.5 Å². The Hall–Kier alpha value is -0.0400. The first kappa shape index (κ1) is 13.9. The quantitative estimate of drug-likeness (QED) is 0.767. The second-order valence-corrected chi connectivity index (χ2v) is 8.89. The Morgan fingerprint density at radius 2 is 1.74 bits per heavy atom. The van der Waals surface area contributed by atoms with Crippen LogP contribution in [0.25, 0.3) is 0 Å². The first-order valence-electron chi connectivity index (χ1n) is 8.60. The molecule has 0 heterocycles. The summed E-state index contributed by atoms with van der Waals surface area (Å²) in [5.74, 6) is 2.72. The van der Waals surface area contributed by atoms with Crippen LogP contribution in [0, 0.1) is 28.6 Å². The number of hydrogen-bond acceptors (Lipinski definition) is 1. The molecular weight excluding hydrogens is 230 g/mol. The van der Waals surface area contributed by atoms with E-state index in [-0.39, 0.29) is 0 Å². The van der Waals surface area contributed by atoms with Crippen molar-refractivity contribution < 1.29 is 0 Å². The zero-order valence-corrected chi connectivity index (χ0v) is 13.6. The van der Waals surface area contributed by atoms with Gasteiger partial charge in [0.1, 0.15) is 0 Å². The van der Waals surface area contributed by atoms with Crippen LogP contribution in [0.4, 0.5) is 0 Å². The molecule has 3 aliphatic rings. The van der Waals surface area contributed by atoms with E-state index in [9.17, 15) is 0 Å². The lowest BCUT2D eigenvalue weighted by Crippen LogP contribution is -2.56. The van der Waals surface area contributed by atoms with Crippen LogP contribution >= 0.6 is 0 Å². The van der Waals surface area contributed by atoms with Crippen LogP contribution in [-0.4, -0.2) is 12.1 Å². The van der Waals surface area contributed by atoms with Crippen LogP contribution in [0.5, 0.6) is 0 Å². The third kappa shape index (κ3) is 2.07. The fourth-order valence-electron chi connectivity index (χ4n) is 5.75. The van der Waals surface area contributed by atoms with Gasteiger partial charge in [0, 0.05) is 12.1 Å². The highest BCUT2D eigenvalue weighted by Crippen LogP contribution is 2.62. The third-order valence-electron chi connectivity index (χ3n) is 7.36. The van der Waals surface area contributed by atoms with Crippen LogP contribution in [0.2, 0.25) is 0 Å². The number of fused-ring (bicyclic) bond motifs is 2. The van der Waals surface area contributed by atoms with Gasteiger partial charge < -0.3 is 5.32 Å². The van der Waals surface area contributed by atoms with Gasteiger partial charge in [-0.3, -0.25) is 0 Å². The van der Waals surface area contributed by atoms with Crippen LogP contribution in [0.1, 0.15) is 73.1 Å². The molecule has 0 spiro atoms. The Balaban J connectivity index is 1.75. The van der Waals surface area contributed by atoms with Gasteiger partial charge in [0.25, 0.3) is 0 Å². The van der Waals surface area contributed by atoms with Gasteiger partial charge >= 0.3 is 0 Å². The third-order valence-corrected chi connectivity index (χ3v) is 7.36. The molecule has 1 nitrogen and oxygen atoms in total. The van der Waals surface area contributed by atoms with Crippen molar-refractivity contribution in [3.8, 4) is 0 Å². The van der Waals surface area contributed by atoms with Gasteiger partial charge in [0.2, 0.25) is 0 Å². The molecule has 19 heavy (non-hydrogen) atoms. The van der Waals surface area contributed by atoms with Crippen LogP contribution in [0.3, 0.4) is 0 Å². The maximum atomic E-state index is 4.16. The molecule has 3 aliphatic carbocycles. The van der Waals surface area contributed by atoms with Crippen LogP contribution < -0.4 is 5.32 Å². The first-order valence-corrected chi connectivity index (χ1v) is 8.60. The molecule has 0 aromatic rings. The molecule has 0 aliphatic heterocycles. The number of hydrogen-bond donors (Lipinski definition) is 1. The molecule has 0 aromatic carbocycles. The topological polar surface area (TPSA) is 12.0 Å². The molecule has 0 aromatic heterocycles. The van der Waals surface area contributed by atoms with Crippen molar-refractivity contribution in [2.24, 2.45) is 28.6 Å². The highest BCUT2D eigenvalue weighted by molar-refractivity contribution is 5.12. The standard InChI is InChI=1S/C18H33N/c1-12-7-6-8-15(13(12)2)19-16-17(3,4)14-9-10-18(16,5)11-14/h12-16,19H,6-11H2,1-5H3. The van der Waals surface area contributed by atoms with E-state index in [4.69, 9.17) is 0 Å². The average molecular weight is 263 g/mol. The van der Waals surface area contributed by atoms with E-state index in [1.54, 1.807) is 0 Å². The number of nitrogens with one attached hydrogen (secondary N) is 1. The van der Waals surface area contributed by atoms with Gasteiger partial charge in [-0.2, -0.15) is 0 Å². The molecule has 6 unspecified atom stereocenters. The normalized spacial score (nSPS) is 52.6. The highest BCUT2D eigenvalue weighted by atomic mass is 15.0. The molecular formula is C18H33N. The van der Waals surface area contributed by atoms with Gasteiger partial charge in [-0.25, -0.2) is 0 Å². The molecule has 3 saturated carbocycles. The minimum Gasteiger partial charge on any atom is -0.310 e. The van der Waals surface area contributed by atoms with Gasteiger partial charge in [-0.15, -0.1) is 0 Å². The lowest BCUT2D eigenvalue weighted by Gasteiger charge is -2.47. The molecule has 3 fully saturated rings. The molecule has 0 saturated heterocycles. The van der Waals surface area contributed by atoms with Crippen LogP contribution in [0.15, 0.2) is 0 Å². The van der Waals surface area contributed by atoms with Gasteiger partial charge in [-0.1, -0.05) is 47.5 Å². The summed E-state index contributed by atoms with van der Waals surface area (Å²) in [7, 11) is 0. The Kier molecular flexibility index (Phi) is 3.28. The maximum absolute atomic E-state index is 4.16. The minimum absolute atomic E-state index is 0.507. The zero-order valence-electron chi connectivity index (χ0n) is 13.6. The van der Waals surface area contributed by atoms with E-state index < -0.39 is 0 Å². The molecule has 1 N–H and O–H groups in total. The van der Waals surface area contributed by atoms with E-state index >= 15 is 0 Å². The molecule has 110 valence electrons. The van der Waals surface area contributed by atoms with Crippen molar-refractivity contribution in [2.75, 3.05) is 0 Å². The lowest BCUT2D eigenvalue weighted by atomic mass is 9.67. The first-order chi connectivity index (χ1) is 8.84. The predicted molar refractivity (Wildman–Crippen MR) is 82.1 cm³/mol. The van der Waals surface area contributed by atoms with Gasteiger partial charge in [0.05, 0.1) is 0 Å². The molecule has 6 atom stereocenters. The summed E-state index contributed by atoms with van der Waals surface area (Å²) in [5.41, 5.74) is 1.09. The fraction of sp³-hybridized carbons (Fsp3) is 1.00.